The van der Waals surface area contributed by atoms with Crippen molar-refractivity contribution in [3.63, 3.8) is 0 Å². The summed E-state index contributed by atoms with van der Waals surface area (Å²) in [5, 5.41) is 10.7. The van der Waals surface area contributed by atoms with Crippen LogP contribution in [0.1, 0.15) is 42.1 Å². The van der Waals surface area contributed by atoms with Crippen molar-refractivity contribution < 1.29 is 14.1 Å². The van der Waals surface area contributed by atoms with Gasteiger partial charge in [0.15, 0.2) is 23.3 Å². The van der Waals surface area contributed by atoms with Crippen LogP contribution in [0.3, 0.4) is 0 Å². The van der Waals surface area contributed by atoms with Crippen LogP contribution in [0.4, 0.5) is 11.6 Å². The largest absolute Gasteiger partial charge is 0.382 e. The molecule has 1 aromatic carbocycles. The maximum atomic E-state index is 12.8. The first-order chi connectivity index (χ1) is 18.7. The molecule has 0 bridgehead atoms. The normalized spacial score (nSPS) is 16.2. The fourth-order valence-corrected chi connectivity index (χ4v) is 4.98. The van der Waals surface area contributed by atoms with Gasteiger partial charge in [-0.05, 0) is 66.1 Å². The van der Waals surface area contributed by atoms with Crippen LogP contribution in [0.2, 0.25) is 5.02 Å². The number of nitrogen functional groups attached to an aromatic ring is 2. The molecule has 2 aliphatic heterocycles. The van der Waals surface area contributed by atoms with Gasteiger partial charge in [0.2, 0.25) is 17.6 Å². The van der Waals surface area contributed by atoms with Crippen LogP contribution in [0.25, 0.3) is 11.4 Å². The van der Waals surface area contributed by atoms with Crippen LogP contribution < -0.4 is 22.1 Å². The summed E-state index contributed by atoms with van der Waals surface area (Å²) in [4.78, 5) is 44.3. The number of likely N-dealkylation sites (tertiary alicyclic amines) is 1. The molecule has 0 radical (unpaired) electrons. The Morgan fingerprint density at radius 3 is 2.62 bits per heavy atom. The van der Waals surface area contributed by atoms with Crippen molar-refractivity contribution in [3.05, 3.63) is 44.6 Å². The van der Waals surface area contributed by atoms with Crippen molar-refractivity contribution in [2.45, 2.75) is 37.6 Å². The van der Waals surface area contributed by atoms with Crippen LogP contribution in [-0.2, 0) is 11.2 Å². The molecule has 1 saturated heterocycles. The van der Waals surface area contributed by atoms with Crippen molar-refractivity contribution in [1.82, 2.24) is 35.6 Å². The number of nitrogens with two attached hydrogens (primary N) is 2. The summed E-state index contributed by atoms with van der Waals surface area (Å²) in [6, 6.07) is 7.20. The number of aliphatic imine (C=N–C) groups is 1. The minimum Gasteiger partial charge on any atom is -0.382 e. The highest BCUT2D eigenvalue weighted by atomic mass is 127. The number of amides is 2. The maximum Gasteiger partial charge on any atom is 0.280 e. The molecule has 6 N–H and O–H groups in total. The molecule has 204 valence electrons. The molecule has 1 fully saturated rings. The third-order valence-electron chi connectivity index (χ3n) is 6.70. The van der Waals surface area contributed by atoms with Crippen LogP contribution in [-0.4, -0.2) is 68.0 Å². The summed E-state index contributed by atoms with van der Waals surface area (Å²) in [5.74, 6) is 1.03. The number of halogens is 2. The van der Waals surface area contributed by atoms with E-state index in [1.807, 2.05) is 39.6 Å². The fraction of sp³-hybridized carbons (Fsp3) is 0.375. The van der Waals surface area contributed by atoms with Crippen molar-refractivity contribution >= 4 is 63.6 Å². The van der Waals surface area contributed by atoms with Crippen LogP contribution in [0.5, 0.6) is 0 Å². The Balaban J connectivity index is 1.06. The minimum atomic E-state index is -0.518. The number of guanidine groups is 1. The van der Waals surface area contributed by atoms with Gasteiger partial charge in [-0.1, -0.05) is 16.8 Å². The second-order valence-corrected chi connectivity index (χ2v) is 10.9. The molecular weight excluding hydrogens is 639 g/mol. The zero-order valence-electron chi connectivity index (χ0n) is 20.8. The third-order valence-corrected chi connectivity index (χ3v) is 7.75. The lowest BCUT2D eigenvalue weighted by Gasteiger charge is -2.39. The summed E-state index contributed by atoms with van der Waals surface area (Å²) in [7, 11) is 0. The Morgan fingerprint density at radius 1 is 1.13 bits per heavy atom. The summed E-state index contributed by atoms with van der Waals surface area (Å²) < 4.78 is 5.72. The number of nitrogens with one attached hydrogen (secondary N) is 2. The van der Waals surface area contributed by atoms with E-state index in [4.69, 9.17) is 27.6 Å². The smallest absolute Gasteiger partial charge is 0.280 e. The highest BCUT2D eigenvalue weighted by Crippen LogP contribution is 2.27. The average Bonchev–Trinajstić information content (AvgIpc) is 3.54. The first-order valence-corrected chi connectivity index (χ1v) is 13.8. The predicted octanol–water partition coefficient (Wildman–Crippen LogP) is 2.02. The molecule has 0 aliphatic carbocycles. The van der Waals surface area contributed by atoms with Gasteiger partial charge in [-0.15, -0.1) is 0 Å². The number of aromatic nitrogens is 4. The Labute approximate surface area is 242 Å². The number of nitrogens with zero attached hydrogens (tertiary/aromatic N) is 6. The van der Waals surface area contributed by atoms with E-state index >= 15 is 0 Å². The van der Waals surface area contributed by atoms with E-state index in [1.165, 1.54) is 0 Å². The lowest BCUT2D eigenvalue weighted by Crippen LogP contribution is -2.56. The Hall–Kier alpha value is -3.53. The van der Waals surface area contributed by atoms with Crippen LogP contribution in [0.15, 0.2) is 33.8 Å². The van der Waals surface area contributed by atoms with Gasteiger partial charge in [0.25, 0.3) is 5.91 Å². The highest BCUT2D eigenvalue weighted by Gasteiger charge is 2.40. The molecular formula is C24H26ClIN10O3. The van der Waals surface area contributed by atoms with Crippen molar-refractivity contribution in [3.8, 4) is 11.4 Å². The van der Waals surface area contributed by atoms with E-state index < -0.39 is 5.91 Å². The predicted molar refractivity (Wildman–Crippen MR) is 153 cm³/mol. The zero-order valence-corrected chi connectivity index (χ0v) is 23.7. The molecule has 0 saturated carbocycles. The zero-order chi connectivity index (χ0) is 27.6. The minimum absolute atomic E-state index is 0.0128. The van der Waals surface area contributed by atoms with Crippen molar-refractivity contribution in [2.24, 2.45) is 4.99 Å². The van der Waals surface area contributed by atoms with E-state index in [9.17, 15) is 9.59 Å². The molecule has 0 unspecified atom stereocenters. The summed E-state index contributed by atoms with van der Waals surface area (Å²) in [6.07, 6.45) is 2.93. The van der Waals surface area contributed by atoms with E-state index in [2.05, 4.69) is 35.7 Å². The Bertz CT molecular complexity index is 1420. The Kier molecular flexibility index (Phi) is 7.83. The molecule has 2 aliphatic rings. The molecule has 39 heavy (non-hydrogen) atoms. The van der Waals surface area contributed by atoms with Crippen molar-refractivity contribution in [2.75, 3.05) is 31.1 Å². The number of benzene rings is 1. The van der Waals surface area contributed by atoms with Gasteiger partial charge in [0.05, 0.1) is 12.1 Å². The molecule has 4 heterocycles. The molecule has 0 atom stereocenters. The maximum absolute atomic E-state index is 12.8. The van der Waals surface area contributed by atoms with Gasteiger partial charge >= 0.3 is 0 Å². The molecule has 15 heteroatoms. The van der Waals surface area contributed by atoms with Gasteiger partial charge in [-0.2, -0.15) is 4.98 Å². The van der Waals surface area contributed by atoms with Gasteiger partial charge in [-0.3, -0.25) is 19.9 Å². The molecule has 5 rings (SSSR count). The number of hydrogen-bond acceptors (Lipinski definition) is 11. The number of hydrogen-bond donors (Lipinski definition) is 4. The first kappa shape index (κ1) is 27.1. The SMILES string of the molecule is Nc1nc(N)c(C(=O)NC2=NCC3(CCN(C(=O)CCCc4nc(-c5ccc(Cl)cc5)no4)CC3)N2)nc1I. The first-order valence-electron chi connectivity index (χ1n) is 12.3. The highest BCUT2D eigenvalue weighted by molar-refractivity contribution is 14.1. The lowest BCUT2D eigenvalue weighted by molar-refractivity contribution is -0.132. The fourth-order valence-electron chi connectivity index (χ4n) is 4.50. The van der Waals surface area contributed by atoms with E-state index in [0.717, 1.165) is 5.56 Å². The summed E-state index contributed by atoms with van der Waals surface area (Å²) in [6.45, 7) is 1.69. The van der Waals surface area contributed by atoms with E-state index in [0.29, 0.717) is 78.1 Å². The van der Waals surface area contributed by atoms with E-state index in [1.54, 1.807) is 12.1 Å². The molecule has 13 nitrogen and oxygen atoms in total. The third kappa shape index (κ3) is 6.21. The second-order valence-electron chi connectivity index (χ2n) is 9.41. The van der Waals surface area contributed by atoms with Crippen LogP contribution in [0, 0.1) is 3.70 Å². The number of piperidine rings is 1. The number of rotatable bonds is 6. The summed E-state index contributed by atoms with van der Waals surface area (Å²) in [5.41, 5.74) is 12.0. The number of carbonyl (C=O) groups is 2. The standard InChI is InChI=1S/C24H26ClIN10O3/c25-14-6-4-13(5-7-14)21-30-15(39-35-21)2-1-3-16(37)36-10-8-24(9-11-36)12-29-23(34-24)33-22(38)17-19(27)32-20(28)18(26)31-17/h4-7H,1-3,8-12H2,(H4,27,28,32)(H2,29,33,34,38). The molecule has 2 amide bonds. The molecule has 3 aromatic rings. The molecule has 1 spiro atoms. The van der Waals surface area contributed by atoms with E-state index in [-0.39, 0.29) is 28.8 Å². The summed E-state index contributed by atoms with van der Waals surface area (Å²) >= 11 is 7.81. The molecule has 2 aromatic heterocycles. The van der Waals surface area contributed by atoms with Crippen LogP contribution >= 0.6 is 34.2 Å². The second kappa shape index (κ2) is 11.3. The van der Waals surface area contributed by atoms with Gasteiger partial charge in [0, 0.05) is 36.5 Å². The topological polar surface area (TPSA) is 191 Å². The van der Waals surface area contributed by atoms with Crippen molar-refractivity contribution in [1.29, 1.82) is 0 Å². The quantitative estimate of drug-likeness (QED) is 0.284. The van der Waals surface area contributed by atoms with Gasteiger partial charge < -0.3 is 26.2 Å². The van der Waals surface area contributed by atoms with Gasteiger partial charge in [0.1, 0.15) is 3.70 Å². The lowest BCUT2D eigenvalue weighted by atomic mass is 9.88. The Morgan fingerprint density at radius 2 is 1.87 bits per heavy atom. The number of carbonyl (C=O) groups excluding carboxylic acids is 2. The monoisotopic (exact) mass is 664 g/mol. The van der Waals surface area contributed by atoms with Gasteiger partial charge in [-0.25, -0.2) is 9.97 Å². The number of anilines is 2. The average molecular weight is 665 g/mol. The number of aryl methyl sites for hydroxylation is 1.